The number of aliphatic hydroxyl groups is 1. The molecule has 0 aromatic carbocycles. The van der Waals surface area contributed by atoms with Gasteiger partial charge in [-0.3, -0.25) is 4.79 Å². The van der Waals surface area contributed by atoms with E-state index in [-0.39, 0.29) is 18.3 Å². The quantitative estimate of drug-likeness (QED) is 0.663. The minimum absolute atomic E-state index is 0.199. The van der Waals surface area contributed by atoms with Gasteiger partial charge in [0.1, 0.15) is 5.78 Å². The fourth-order valence-electron chi connectivity index (χ4n) is 1.73. The van der Waals surface area contributed by atoms with Gasteiger partial charge in [-0.05, 0) is 26.3 Å². The van der Waals surface area contributed by atoms with Gasteiger partial charge in [0, 0.05) is 19.0 Å². The number of rotatable bonds is 3. The van der Waals surface area contributed by atoms with Crippen molar-refractivity contribution in [2.75, 3.05) is 26.2 Å². The Kier molecular flexibility index (Phi) is 3.69. The van der Waals surface area contributed by atoms with Crippen LogP contribution in [0.4, 0.5) is 0 Å². The van der Waals surface area contributed by atoms with Crippen molar-refractivity contribution in [2.45, 2.75) is 19.8 Å². The van der Waals surface area contributed by atoms with Crippen molar-refractivity contribution in [1.29, 1.82) is 0 Å². The molecule has 0 aromatic rings. The number of hydrogen-bond donors (Lipinski definition) is 1. The summed E-state index contributed by atoms with van der Waals surface area (Å²) >= 11 is 0. The van der Waals surface area contributed by atoms with Crippen LogP contribution in [0, 0.1) is 5.92 Å². The minimum atomic E-state index is 0.199. The Morgan fingerprint density at radius 1 is 1.67 bits per heavy atom. The van der Waals surface area contributed by atoms with Crippen molar-refractivity contribution in [3.05, 3.63) is 0 Å². The summed E-state index contributed by atoms with van der Waals surface area (Å²) in [5, 5.41) is 8.72. The van der Waals surface area contributed by atoms with Crippen LogP contribution in [0.3, 0.4) is 0 Å². The molecule has 1 unspecified atom stereocenters. The lowest BCUT2D eigenvalue weighted by Gasteiger charge is -2.30. The molecule has 1 aliphatic heterocycles. The van der Waals surface area contributed by atoms with Gasteiger partial charge in [0.05, 0.1) is 6.61 Å². The molecule has 12 heavy (non-hydrogen) atoms. The van der Waals surface area contributed by atoms with Crippen LogP contribution < -0.4 is 0 Å². The third-order valence-corrected chi connectivity index (χ3v) is 2.50. The third-order valence-electron chi connectivity index (χ3n) is 2.50. The van der Waals surface area contributed by atoms with Crippen LogP contribution >= 0.6 is 0 Å². The average molecular weight is 171 g/mol. The molecule has 70 valence electrons. The number of aliphatic hydroxyl groups excluding tert-OH is 1. The fraction of sp³-hybridized carbons (Fsp3) is 0.889. The zero-order chi connectivity index (χ0) is 8.97. The van der Waals surface area contributed by atoms with Crippen molar-refractivity contribution < 1.29 is 9.90 Å². The molecule has 0 bridgehead atoms. The van der Waals surface area contributed by atoms with Gasteiger partial charge in [0.25, 0.3) is 0 Å². The van der Waals surface area contributed by atoms with Crippen molar-refractivity contribution in [2.24, 2.45) is 5.92 Å². The first kappa shape index (κ1) is 9.68. The van der Waals surface area contributed by atoms with Gasteiger partial charge in [-0.1, -0.05) is 0 Å². The molecule has 1 atom stereocenters. The van der Waals surface area contributed by atoms with E-state index >= 15 is 0 Å². The summed E-state index contributed by atoms with van der Waals surface area (Å²) in [5.41, 5.74) is 0. The van der Waals surface area contributed by atoms with Gasteiger partial charge in [0.15, 0.2) is 0 Å². The highest BCUT2D eigenvalue weighted by molar-refractivity contribution is 5.78. The van der Waals surface area contributed by atoms with E-state index in [1.165, 1.54) is 0 Å². The number of Topliss-reactive ketones (excluding diaryl/α,β-unsaturated/α-hetero) is 1. The normalized spacial score (nSPS) is 25.7. The van der Waals surface area contributed by atoms with E-state index in [0.717, 1.165) is 25.9 Å². The van der Waals surface area contributed by atoms with E-state index < -0.39 is 0 Å². The second kappa shape index (κ2) is 4.58. The summed E-state index contributed by atoms with van der Waals surface area (Å²) in [6.45, 7) is 4.45. The molecule has 0 aliphatic carbocycles. The molecule has 1 heterocycles. The van der Waals surface area contributed by atoms with Crippen LogP contribution in [-0.4, -0.2) is 42.0 Å². The Hall–Kier alpha value is -0.410. The number of hydrogen-bond acceptors (Lipinski definition) is 3. The average Bonchev–Trinajstić information content (AvgIpc) is 2.05. The summed E-state index contributed by atoms with van der Waals surface area (Å²) in [5.74, 6) is 0.503. The molecule has 0 amide bonds. The summed E-state index contributed by atoms with van der Waals surface area (Å²) in [6.07, 6.45) is 2.11. The lowest BCUT2D eigenvalue weighted by Crippen LogP contribution is -2.39. The number of likely N-dealkylation sites (tertiary alicyclic amines) is 1. The minimum Gasteiger partial charge on any atom is -0.395 e. The van der Waals surface area contributed by atoms with Crippen molar-refractivity contribution in [3.63, 3.8) is 0 Å². The molecule has 1 saturated heterocycles. The molecular weight excluding hydrogens is 154 g/mol. The Morgan fingerprint density at radius 3 is 3.00 bits per heavy atom. The summed E-state index contributed by atoms with van der Waals surface area (Å²) in [6, 6.07) is 0. The zero-order valence-electron chi connectivity index (χ0n) is 7.62. The second-order valence-electron chi connectivity index (χ2n) is 3.47. The Labute approximate surface area is 73.4 Å². The molecule has 3 heteroatoms. The maximum Gasteiger partial charge on any atom is 0.134 e. The molecule has 0 spiro atoms. The SMILES string of the molecule is CC(=O)C1CCCN(CCO)C1. The summed E-state index contributed by atoms with van der Waals surface area (Å²) < 4.78 is 0. The Balaban J connectivity index is 2.35. The molecular formula is C9H17NO2. The monoisotopic (exact) mass is 171 g/mol. The smallest absolute Gasteiger partial charge is 0.134 e. The molecule has 3 nitrogen and oxygen atoms in total. The van der Waals surface area contributed by atoms with E-state index in [0.29, 0.717) is 6.54 Å². The van der Waals surface area contributed by atoms with Crippen LogP contribution in [0.5, 0.6) is 0 Å². The van der Waals surface area contributed by atoms with Crippen LogP contribution in [-0.2, 0) is 4.79 Å². The number of carbonyl (C=O) groups is 1. The lowest BCUT2D eigenvalue weighted by atomic mass is 9.95. The van der Waals surface area contributed by atoms with Crippen LogP contribution in [0.2, 0.25) is 0 Å². The number of ketones is 1. The summed E-state index contributed by atoms with van der Waals surface area (Å²) in [7, 11) is 0. The van der Waals surface area contributed by atoms with Crippen molar-refractivity contribution in [3.8, 4) is 0 Å². The van der Waals surface area contributed by atoms with Gasteiger partial charge in [-0.2, -0.15) is 0 Å². The van der Waals surface area contributed by atoms with E-state index in [9.17, 15) is 4.79 Å². The van der Waals surface area contributed by atoms with Crippen LogP contribution in [0.15, 0.2) is 0 Å². The van der Waals surface area contributed by atoms with Crippen LogP contribution in [0.25, 0.3) is 0 Å². The molecule has 1 aliphatic rings. The van der Waals surface area contributed by atoms with E-state index in [2.05, 4.69) is 4.90 Å². The molecule has 1 N–H and O–H groups in total. The molecule has 0 saturated carbocycles. The maximum atomic E-state index is 11.1. The molecule has 1 rings (SSSR count). The van der Waals surface area contributed by atoms with E-state index in [1.807, 2.05) is 0 Å². The lowest BCUT2D eigenvalue weighted by molar-refractivity contribution is -0.122. The standard InChI is InChI=1S/C9H17NO2/c1-8(12)9-3-2-4-10(7-9)5-6-11/h9,11H,2-7H2,1H3. The fourth-order valence-corrected chi connectivity index (χ4v) is 1.73. The van der Waals surface area contributed by atoms with Gasteiger partial charge >= 0.3 is 0 Å². The third kappa shape index (κ3) is 2.57. The number of β-amino-alcohol motifs (C(OH)–C–C–N with tert-alkyl or cyclic N) is 1. The first-order valence-electron chi connectivity index (χ1n) is 4.57. The number of carbonyl (C=O) groups excluding carboxylic acids is 1. The van der Waals surface area contributed by atoms with E-state index in [4.69, 9.17) is 5.11 Å². The number of nitrogens with zero attached hydrogens (tertiary/aromatic N) is 1. The highest BCUT2D eigenvalue weighted by Gasteiger charge is 2.22. The predicted molar refractivity (Wildman–Crippen MR) is 46.9 cm³/mol. The Bertz CT molecular complexity index is 157. The van der Waals surface area contributed by atoms with Gasteiger partial charge in [0.2, 0.25) is 0 Å². The van der Waals surface area contributed by atoms with Gasteiger partial charge in [-0.25, -0.2) is 0 Å². The maximum absolute atomic E-state index is 11.1. The van der Waals surface area contributed by atoms with E-state index in [1.54, 1.807) is 6.92 Å². The van der Waals surface area contributed by atoms with Gasteiger partial charge < -0.3 is 10.0 Å². The summed E-state index contributed by atoms with van der Waals surface area (Å²) in [4.78, 5) is 13.2. The number of piperidine rings is 1. The molecule has 0 aromatic heterocycles. The second-order valence-corrected chi connectivity index (χ2v) is 3.47. The zero-order valence-corrected chi connectivity index (χ0v) is 7.62. The largest absolute Gasteiger partial charge is 0.395 e. The highest BCUT2D eigenvalue weighted by Crippen LogP contribution is 2.16. The topological polar surface area (TPSA) is 40.5 Å². The highest BCUT2D eigenvalue weighted by atomic mass is 16.3. The first-order chi connectivity index (χ1) is 5.74. The van der Waals surface area contributed by atoms with Gasteiger partial charge in [-0.15, -0.1) is 0 Å². The predicted octanol–water partition coefficient (Wildman–Crippen LogP) is 0.280. The van der Waals surface area contributed by atoms with Crippen LogP contribution in [0.1, 0.15) is 19.8 Å². The molecule has 1 fully saturated rings. The van der Waals surface area contributed by atoms with Crippen molar-refractivity contribution in [1.82, 2.24) is 4.90 Å². The Morgan fingerprint density at radius 2 is 2.42 bits per heavy atom. The first-order valence-corrected chi connectivity index (χ1v) is 4.57. The molecule has 0 radical (unpaired) electrons. The van der Waals surface area contributed by atoms with Crippen molar-refractivity contribution >= 4 is 5.78 Å².